The zero-order valence-electron chi connectivity index (χ0n) is 19.2. The molecule has 174 valence electrons. The summed E-state index contributed by atoms with van der Waals surface area (Å²) >= 11 is 3.01. The molecule has 3 aromatic heterocycles. The largest absolute Gasteiger partial charge is 0.274 e. The number of carbonyl (C=O) groups excluding carboxylic acids is 1. The van der Waals surface area contributed by atoms with Crippen LogP contribution in [0.4, 0.5) is 10.8 Å². The van der Waals surface area contributed by atoms with E-state index in [0.29, 0.717) is 10.9 Å². The quantitative estimate of drug-likeness (QED) is 0.254. The Morgan fingerprint density at radius 2 is 1.74 bits per heavy atom. The fraction of sp³-hybridized carbons (Fsp3) is 0.115. The smallest absolute Gasteiger partial charge is 0.230 e. The van der Waals surface area contributed by atoms with Crippen molar-refractivity contribution in [1.29, 1.82) is 0 Å². The molecule has 0 N–H and O–H groups in total. The summed E-state index contributed by atoms with van der Waals surface area (Å²) in [6.45, 7) is 3.63. The molecular weight excluding hydrogens is 476 g/mol. The molecule has 5 rings (SSSR count). The summed E-state index contributed by atoms with van der Waals surface area (Å²) in [6, 6.07) is 21.6. The number of para-hydroxylation sites is 2. The van der Waals surface area contributed by atoms with Gasteiger partial charge in [0.2, 0.25) is 5.91 Å². The number of thiazole rings is 1. The summed E-state index contributed by atoms with van der Waals surface area (Å²) in [5.74, 6) is 1.28. The molecule has 0 unspecified atom stereocenters. The minimum absolute atomic E-state index is 0.0777. The Labute approximate surface area is 211 Å². The summed E-state index contributed by atoms with van der Waals surface area (Å²) in [7, 11) is 0. The van der Waals surface area contributed by atoms with Crippen LogP contribution in [0.5, 0.6) is 0 Å². The van der Waals surface area contributed by atoms with Crippen molar-refractivity contribution in [3.8, 4) is 17.1 Å². The van der Waals surface area contributed by atoms with Gasteiger partial charge >= 0.3 is 0 Å². The van der Waals surface area contributed by atoms with E-state index in [1.807, 2.05) is 60.0 Å². The van der Waals surface area contributed by atoms with E-state index in [0.717, 1.165) is 39.2 Å². The Balaban J connectivity index is 1.44. The molecule has 0 atom stereocenters. The number of anilines is 2. The number of aromatic nitrogens is 5. The summed E-state index contributed by atoms with van der Waals surface area (Å²) < 4.78 is 2.08. The first-order chi connectivity index (χ1) is 17.1. The van der Waals surface area contributed by atoms with E-state index in [1.54, 1.807) is 36.0 Å². The van der Waals surface area contributed by atoms with Gasteiger partial charge in [0.15, 0.2) is 16.1 Å². The van der Waals surface area contributed by atoms with Crippen LogP contribution in [0, 0.1) is 6.92 Å². The number of rotatable bonds is 7. The molecule has 0 aliphatic heterocycles. The van der Waals surface area contributed by atoms with Gasteiger partial charge in [-0.25, -0.2) is 4.98 Å². The number of thioether (sulfide) groups is 1. The monoisotopic (exact) mass is 498 g/mol. The number of aryl methyl sites for hydroxylation is 1. The van der Waals surface area contributed by atoms with E-state index in [-0.39, 0.29) is 5.91 Å². The normalized spacial score (nSPS) is 10.9. The van der Waals surface area contributed by atoms with Crippen LogP contribution in [0.1, 0.15) is 18.2 Å². The maximum Gasteiger partial charge on any atom is 0.230 e. The van der Waals surface area contributed by atoms with E-state index in [9.17, 15) is 4.79 Å². The lowest BCUT2D eigenvalue weighted by atomic mass is 10.2. The number of benzene rings is 2. The Morgan fingerprint density at radius 1 is 1.00 bits per heavy atom. The fourth-order valence-corrected chi connectivity index (χ4v) is 5.52. The van der Waals surface area contributed by atoms with Gasteiger partial charge in [0.1, 0.15) is 0 Å². The van der Waals surface area contributed by atoms with Gasteiger partial charge in [-0.2, -0.15) is 0 Å². The predicted octanol–water partition coefficient (Wildman–Crippen LogP) is 6.07. The molecule has 35 heavy (non-hydrogen) atoms. The standard InChI is InChI=1S/C26H22N6OS2/c1-18-8-6-7-11-23(18)32-24(20-12-14-27-15-13-20)29-30-26(32)35-17-21-16-34-25(28-21)31(19(2)33)22-9-4-3-5-10-22/h3-16H,17H2,1-2H3. The molecule has 0 fully saturated rings. The van der Waals surface area contributed by atoms with Crippen molar-refractivity contribution in [1.82, 2.24) is 24.7 Å². The Bertz CT molecular complexity index is 1450. The van der Waals surface area contributed by atoms with Gasteiger partial charge in [-0.1, -0.05) is 48.2 Å². The second kappa shape index (κ2) is 10.2. The van der Waals surface area contributed by atoms with E-state index < -0.39 is 0 Å². The molecule has 0 saturated heterocycles. The first kappa shape index (κ1) is 22.9. The van der Waals surface area contributed by atoms with E-state index in [4.69, 9.17) is 4.98 Å². The van der Waals surface area contributed by atoms with Crippen molar-refractivity contribution in [2.45, 2.75) is 24.8 Å². The molecular formula is C26H22N6OS2. The summed E-state index contributed by atoms with van der Waals surface area (Å²) in [4.78, 5) is 22.9. The van der Waals surface area contributed by atoms with E-state index >= 15 is 0 Å². The second-order valence-electron chi connectivity index (χ2n) is 7.76. The molecule has 0 aliphatic carbocycles. The number of pyridine rings is 1. The van der Waals surface area contributed by atoms with Gasteiger partial charge in [-0.3, -0.25) is 19.2 Å². The van der Waals surface area contributed by atoms with Crippen LogP contribution in [0.25, 0.3) is 17.1 Å². The highest BCUT2D eigenvalue weighted by atomic mass is 32.2. The van der Waals surface area contributed by atoms with Crippen molar-refractivity contribution in [2.24, 2.45) is 0 Å². The second-order valence-corrected chi connectivity index (χ2v) is 9.54. The molecule has 5 aromatic rings. The number of hydrogen-bond acceptors (Lipinski definition) is 7. The van der Waals surface area contributed by atoms with Crippen molar-refractivity contribution in [3.63, 3.8) is 0 Å². The maximum atomic E-state index is 12.4. The van der Waals surface area contributed by atoms with Crippen LogP contribution in [0.15, 0.2) is 89.7 Å². The van der Waals surface area contributed by atoms with Crippen LogP contribution in [0.3, 0.4) is 0 Å². The molecule has 0 aliphatic rings. The highest BCUT2D eigenvalue weighted by Crippen LogP contribution is 2.33. The first-order valence-corrected chi connectivity index (χ1v) is 12.8. The molecule has 0 bridgehead atoms. The highest BCUT2D eigenvalue weighted by molar-refractivity contribution is 7.98. The summed E-state index contributed by atoms with van der Waals surface area (Å²) in [5.41, 5.74) is 4.77. The van der Waals surface area contributed by atoms with Gasteiger partial charge < -0.3 is 0 Å². The summed E-state index contributed by atoms with van der Waals surface area (Å²) in [5, 5.41) is 12.4. The maximum absolute atomic E-state index is 12.4. The van der Waals surface area contributed by atoms with Crippen molar-refractivity contribution >= 4 is 39.8 Å². The van der Waals surface area contributed by atoms with Crippen LogP contribution < -0.4 is 4.90 Å². The minimum Gasteiger partial charge on any atom is -0.274 e. The predicted molar refractivity (Wildman–Crippen MR) is 140 cm³/mol. The number of nitrogens with zero attached hydrogens (tertiary/aromatic N) is 6. The van der Waals surface area contributed by atoms with Crippen molar-refractivity contribution in [3.05, 3.63) is 95.8 Å². The average Bonchev–Trinajstić information content (AvgIpc) is 3.51. The molecule has 3 heterocycles. The molecule has 2 aromatic carbocycles. The Kier molecular flexibility index (Phi) is 6.69. The number of amides is 1. The lowest BCUT2D eigenvalue weighted by molar-refractivity contribution is -0.115. The van der Waals surface area contributed by atoms with Gasteiger partial charge in [0.05, 0.1) is 17.1 Å². The van der Waals surface area contributed by atoms with E-state index in [2.05, 4.69) is 38.8 Å². The molecule has 9 heteroatoms. The third-order valence-electron chi connectivity index (χ3n) is 5.34. The van der Waals surface area contributed by atoms with Crippen molar-refractivity contribution in [2.75, 3.05) is 4.90 Å². The molecule has 7 nitrogen and oxygen atoms in total. The van der Waals surface area contributed by atoms with Gasteiger partial charge in [-0.15, -0.1) is 21.5 Å². The molecule has 0 spiro atoms. The van der Waals surface area contributed by atoms with Gasteiger partial charge in [0.25, 0.3) is 0 Å². The Hall–Kier alpha value is -3.82. The number of hydrogen-bond donors (Lipinski definition) is 0. The minimum atomic E-state index is -0.0777. The molecule has 1 amide bonds. The van der Waals surface area contributed by atoms with E-state index in [1.165, 1.54) is 11.3 Å². The van der Waals surface area contributed by atoms with Crippen LogP contribution >= 0.6 is 23.1 Å². The topological polar surface area (TPSA) is 76.8 Å². The zero-order chi connectivity index (χ0) is 24.2. The van der Waals surface area contributed by atoms with Crippen LogP contribution in [0.2, 0.25) is 0 Å². The average molecular weight is 499 g/mol. The third-order valence-corrected chi connectivity index (χ3v) is 7.17. The fourth-order valence-electron chi connectivity index (χ4n) is 3.69. The van der Waals surface area contributed by atoms with Crippen LogP contribution in [-0.2, 0) is 10.5 Å². The summed E-state index contributed by atoms with van der Waals surface area (Å²) in [6.07, 6.45) is 3.51. The first-order valence-electron chi connectivity index (χ1n) is 11.0. The zero-order valence-corrected chi connectivity index (χ0v) is 20.8. The molecule has 0 saturated carbocycles. The lowest BCUT2D eigenvalue weighted by Gasteiger charge is -2.17. The van der Waals surface area contributed by atoms with Crippen LogP contribution in [-0.4, -0.2) is 30.6 Å². The molecule has 0 radical (unpaired) electrons. The van der Waals surface area contributed by atoms with Gasteiger partial charge in [-0.05, 0) is 42.8 Å². The number of carbonyl (C=O) groups is 1. The SMILES string of the molecule is CC(=O)N(c1ccccc1)c1nc(CSc2nnc(-c3ccncc3)n2-c2ccccc2C)cs1. The third kappa shape index (κ3) is 4.87. The van der Waals surface area contributed by atoms with Crippen molar-refractivity contribution < 1.29 is 4.79 Å². The highest BCUT2D eigenvalue weighted by Gasteiger charge is 2.20. The Morgan fingerprint density at radius 3 is 2.49 bits per heavy atom. The lowest BCUT2D eigenvalue weighted by Crippen LogP contribution is -2.22. The van der Waals surface area contributed by atoms with Gasteiger partial charge in [0, 0.05) is 36.0 Å².